The van der Waals surface area contributed by atoms with Crippen LogP contribution in [0.4, 0.5) is 0 Å². The van der Waals surface area contributed by atoms with E-state index < -0.39 is 0 Å². The molecule has 0 atom stereocenters. The van der Waals surface area contributed by atoms with Crippen LogP contribution >= 0.6 is 0 Å². The minimum absolute atomic E-state index is 0.0407. The molecule has 18 heavy (non-hydrogen) atoms. The van der Waals surface area contributed by atoms with Gasteiger partial charge in [0, 0.05) is 44.5 Å². The van der Waals surface area contributed by atoms with Crippen LogP contribution in [0, 0.1) is 0 Å². The molecule has 2 rings (SSSR count). The second kappa shape index (κ2) is 5.35. The van der Waals surface area contributed by atoms with Crippen LogP contribution in [0.5, 0.6) is 0 Å². The van der Waals surface area contributed by atoms with Gasteiger partial charge in [-0.1, -0.05) is 6.92 Å². The lowest BCUT2D eigenvalue weighted by molar-refractivity contribution is 0.0615. The Morgan fingerprint density at radius 3 is 2.78 bits per heavy atom. The molecule has 98 valence electrons. The first-order valence-electron chi connectivity index (χ1n) is 6.32. The zero-order chi connectivity index (χ0) is 13.1. The lowest BCUT2D eigenvalue weighted by Crippen LogP contribution is -2.59. The fourth-order valence-electron chi connectivity index (χ4n) is 2.03. The maximum Gasteiger partial charge on any atom is 0.254 e. The second-order valence-corrected chi connectivity index (χ2v) is 4.68. The van der Waals surface area contributed by atoms with Crippen molar-refractivity contribution < 1.29 is 4.79 Å². The first-order chi connectivity index (χ1) is 8.63. The quantitative estimate of drug-likeness (QED) is 0.830. The third-order valence-corrected chi connectivity index (χ3v) is 3.28. The van der Waals surface area contributed by atoms with Gasteiger partial charge in [0.25, 0.3) is 11.5 Å². The molecule has 0 aromatic carbocycles. The van der Waals surface area contributed by atoms with Crippen molar-refractivity contribution >= 4 is 5.91 Å². The molecule has 5 nitrogen and oxygen atoms in total. The number of aromatic nitrogens is 1. The van der Waals surface area contributed by atoms with Gasteiger partial charge in [-0.3, -0.25) is 9.59 Å². The number of hydrogen-bond donors (Lipinski definition) is 1. The Balaban J connectivity index is 2.21. The zero-order valence-corrected chi connectivity index (χ0v) is 10.8. The number of rotatable bonds is 4. The summed E-state index contributed by atoms with van der Waals surface area (Å²) in [7, 11) is 1.68. The van der Waals surface area contributed by atoms with E-state index in [-0.39, 0.29) is 17.5 Å². The van der Waals surface area contributed by atoms with Gasteiger partial charge in [0.2, 0.25) is 0 Å². The number of carbonyl (C=O) groups excluding carboxylic acids is 1. The Kier molecular flexibility index (Phi) is 3.81. The minimum atomic E-state index is -0.149. The van der Waals surface area contributed by atoms with Crippen LogP contribution in [0.2, 0.25) is 0 Å². The van der Waals surface area contributed by atoms with E-state index in [0.717, 1.165) is 26.1 Å². The Bertz CT molecular complexity index is 491. The number of carbonyl (C=O) groups is 1. The van der Waals surface area contributed by atoms with Crippen molar-refractivity contribution in [2.24, 2.45) is 7.05 Å². The fourth-order valence-corrected chi connectivity index (χ4v) is 2.03. The number of nitrogens with zero attached hydrogens (tertiary/aromatic N) is 2. The molecule has 1 amide bonds. The topological polar surface area (TPSA) is 54.3 Å². The predicted molar refractivity (Wildman–Crippen MR) is 69.7 cm³/mol. The molecular formula is C13H19N3O2. The van der Waals surface area contributed by atoms with E-state index in [1.807, 2.05) is 4.90 Å². The highest BCUT2D eigenvalue weighted by Gasteiger charge is 2.28. The van der Waals surface area contributed by atoms with Crippen molar-refractivity contribution in [2.45, 2.75) is 19.4 Å². The standard InChI is InChI=1S/C13H19N3O2/c1-3-5-16(11-8-14-9-11)13(18)10-4-6-15(2)12(17)7-10/h4,6-7,11,14H,3,5,8-9H2,1-2H3. The number of aryl methyl sites for hydroxylation is 1. The SMILES string of the molecule is CCCN(C(=O)c1ccn(C)c(=O)c1)C1CNC1. The van der Waals surface area contributed by atoms with Crippen molar-refractivity contribution in [2.75, 3.05) is 19.6 Å². The normalized spacial score (nSPS) is 15.2. The van der Waals surface area contributed by atoms with Gasteiger partial charge in [-0.25, -0.2) is 0 Å². The molecule has 0 radical (unpaired) electrons. The third-order valence-electron chi connectivity index (χ3n) is 3.28. The molecule has 1 fully saturated rings. The fraction of sp³-hybridized carbons (Fsp3) is 0.538. The number of pyridine rings is 1. The van der Waals surface area contributed by atoms with Gasteiger partial charge in [0.15, 0.2) is 0 Å². The molecule has 1 saturated heterocycles. The van der Waals surface area contributed by atoms with E-state index in [0.29, 0.717) is 5.56 Å². The molecule has 0 aliphatic carbocycles. The lowest BCUT2D eigenvalue weighted by Gasteiger charge is -2.38. The molecule has 5 heteroatoms. The summed E-state index contributed by atoms with van der Waals surface area (Å²) in [5.74, 6) is -0.0407. The van der Waals surface area contributed by atoms with Gasteiger partial charge in [0.05, 0.1) is 6.04 Å². The molecule has 0 spiro atoms. The predicted octanol–water partition coefficient (Wildman–Crippen LogP) is 0.209. The molecule has 0 unspecified atom stereocenters. The van der Waals surface area contributed by atoms with E-state index >= 15 is 0 Å². The summed E-state index contributed by atoms with van der Waals surface area (Å²) in [5.41, 5.74) is 0.336. The molecule has 1 aromatic heterocycles. The summed E-state index contributed by atoms with van der Waals surface area (Å²) >= 11 is 0. The molecule has 0 bridgehead atoms. The highest BCUT2D eigenvalue weighted by Crippen LogP contribution is 2.11. The second-order valence-electron chi connectivity index (χ2n) is 4.68. The summed E-state index contributed by atoms with van der Waals surface area (Å²) < 4.78 is 1.46. The summed E-state index contributed by atoms with van der Waals surface area (Å²) in [5, 5.41) is 3.17. The Hall–Kier alpha value is -1.62. The van der Waals surface area contributed by atoms with Crippen molar-refractivity contribution in [1.29, 1.82) is 0 Å². The molecule has 1 aliphatic heterocycles. The van der Waals surface area contributed by atoms with Gasteiger partial charge < -0.3 is 14.8 Å². The van der Waals surface area contributed by atoms with Crippen LogP contribution < -0.4 is 10.9 Å². The minimum Gasteiger partial charge on any atom is -0.333 e. The van der Waals surface area contributed by atoms with Crippen molar-refractivity contribution in [1.82, 2.24) is 14.8 Å². The van der Waals surface area contributed by atoms with Gasteiger partial charge in [-0.15, -0.1) is 0 Å². The monoisotopic (exact) mass is 249 g/mol. The first-order valence-corrected chi connectivity index (χ1v) is 6.32. The van der Waals surface area contributed by atoms with Crippen molar-refractivity contribution in [3.63, 3.8) is 0 Å². The van der Waals surface area contributed by atoms with Gasteiger partial charge >= 0.3 is 0 Å². The van der Waals surface area contributed by atoms with E-state index in [9.17, 15) is 9.59 Å². The number of nitrogens with one attached hydrogen (secondary N) is 1. The van der Waals surface area contributed by atoms with Crippen LogP contribution in [-0.2, 0) is 7.05 Å². The number of hydrogen-bond acceptors (Lipinski definition) is 3. The van der Waals surface area contributed by atoms with Crippen LogP contribution in [0.25, 0.3) is 0 Å². The van der Waals surface area contributed by atoms with Crippen LogP contribution in [0.15, 0.2) is 23.1 Å². The van der Waals surface area contributed by atoms with Crippen LogP contribution in [0.1, 0.15) is 23.7 Å². The average molecular weight is 249 g/mol. The molecular weight excluding hydrogens is 230 g/mol. The average Bonchev–Trinajstić information content (AvgIpc) is 2.29. The third kappa shape index (κ3) is 2.46. The molecule has 1 aromatic rings. The van der Waals surface area contributed by atoms with Gasteiger partial charge in [-0.2, -0.15) is 0 Å². The van der Waals surface area contributed by atoms with Gasteiger partial charge in [-0.05, 0) is 12.5 Å². The van der Waals surface area contributed by atoms with E-state index in [2.05, 4.69) is 12.2 Å². The summed E-state index contributed by atoms with van der Waals surface area (Å²) in [6, 6.07) is 3.39. The largest absolute Gasteiger partial charge is 0.333 e. The zero-order valence-electron chi connectivity index (χ0n) is 10.8. The Morgan fingerprint density at radius 2 is 2.28 bits per heavy atom. The Labute approximate surface area is 106 Å². The van der Waals surface area contributed by atoms with E-state index in [1.54, 1.807) is 19.3 Å². The summed E-state index contributed by atoms with van der Waals surface area (Å²) in [4.78, 5) is 25.8. The van der Waals surface area contributed by atoms with Crippen molar-refractivity contribution in [3.8, 4) is 0 Å². The maximum atomic E-state index is 12.4. The summed E-state index contributed by atoms with van der Waals surface area (Å²) in [6.45, 7) is 4.48. The maximum absolute atomic E-state index is 12.4. The van der Waals surface area contributed by atoms with Crippen LogP contribution in [-0.4, -0.2) is 41.1 Å². The first kappa shape index (κ1) is 12.8. The summed E-state index contributed by atoms with van der Waals surface area (Å²) in [6.07, 6.45) is 2.56. The molecule has 0 saturated carbocycles. The van der Waals surface area contributed by atoms with Crippen LogP contribution in [0.3, 0.4) is 0 Å². The molecule has 1 aliphatic rings. The highest BCUT2D eigenvalue weighted by molar-refractivity contribution is 5.94. The van der Waals surface area contributed by atoms with Crippen molar-refractivity contribution in [3.05, 3.63) is 34.2 Å². The highest BCUT2D eigenvalue weighted by atomic mass is 16.2. The van der Waals surface area contributed by atoms with E-state index in [1.165, 1.54) is 10.6 Å². The Morgan fingerprint density at radius 1 is 1.56 bits per heavy atom. The van der Waals surface area contributed by atoms with E-state index in [4.69, 9.17) is 0 Å². The molecule has 2 heterocycles. The van der Waals surface area contributed by atoms with Gasteiger partial charge in [0.1, 0.15) is 0 Å². The molecule has 1 N–H and O–H groups in total. The number of amides is 1. The lowest BCUT2D eigenvalue weighted by atomic mass is 10.1. The smallest absolute Gasteiger partial charge is 0.254 e.